The molecule has 0 saturated carbocycles. The molecule has 0 aliphatic carbocycles. The van der Waals surface area contributed by atoms with Crippen molar-refractivity contribution in [2.24, 2.45) is 0 Å². The number of rotatable bonds is 6. The molecule has 1 rings (SSSR count). The monoisotopic (exact) mass is 274 g/mol. The van der Waals surface area contributed by atoms with E-state index in [4.69, 9.17) is 4.74 Å². The Kier molecular flexibility index (Phi) is 4.89. The number of aryl methyl sites for hydroxylation is 2. The van der Waals surface area contributed by atoms with Crippen molar-refractivity contribution in [2.45, 2.75) is 26.8 Å². The molecular weight excluding hydrogens is 256 g/mol. The lowest BCUT2D eigenvalue weighted by Crippen LogP contribution is -2.10. The van der Waals surface area contributed by atoms with E-state index in [9.17, 15) is 13.2 Å². The van der Waals surface area contributed by atoms with Crippen LogP contribution in [0, 0.1) is 0 Å². The van der Waals surface area contributed by atoms with E-state index in [1.165, 1.54) is 6.26 Å². The summed E-state index contributed by atoms with van der Waals surface area (Å²) in [6.07, 6.45) is 1.53. The van der Waals surface area contributed by atoms with Crippen LogP contribution in [0.4, 0.5) is 0 Å². The van der Waals surface area contributed by atoms with Crippen LogP contribution in [0.25, 0.3) is 0 Å². The van der Waals surface area contributed by atoms with Crippen molar-refractivity contribution < 1.29 is 17.9 Å². The number of sulfone groups is 1. The molecule has 0 radical (unpaired) electrons. The lowest BCUT2D eigenvalue weighted by Gasteiger charge is -2.02. The first-order valence-corrected chi connectivity index (χ1v) is 7.85. The maximum atomic E-state index is 11.5. The van der Waals surface area contributed by atoms with Crippen molar-refractivity contribution in [1.82, 2.24) is 9.78 Å². The molecule has 0 fully saturated rings. The van der Waals surface area contributed by atoms with Gasteiger partial charge in [-0.05, 0) is 19.9 Å². The first-order chi connectivity index (χ1) is 8.37. The molecule has 0 aliphatic heterocycles. The number of nitrogens with zero attached hydrogens (tertiary/aromatic N) is 2. The highest BCUT2D eigenvalue weighted by atomic mass is 32.2. The third-order valence-corrected chi connectivity index (χ3v) is 3.32. The molecule has 7 heteroatoms. The molecule has 0 N–H and O–H groups in total. The third-order valence-electron chi connectivity index (χ3n) is 2.38. The van der Waals surface area contributed by atoms with Crippen LogP contribution in [0.5, 0.6) is 0 Å². The summed E-state index contributed by atoms with van der Waals surface area (Å²) in [6, 6.07) is 1.59. The predicted molar refractivity (Wildman–Crippen MR) is 67.3 cm³/mol. The van der Waals surface area contributed by atoms with E-state index in [1.807, 2.05) is 6.92 Å². The Morgan fingerprint density at radius 3 is 2.61 bits per heavy atom. The Bertz CT molecular complexity index is 519. The van der Waals surface area contributed by atoms with E-state index in [1.54, 1.807) is 17.7 Å². The van der Waals surface area contributed by atoms with Crippen LogP contribution in [-0.4, -0.2) is 42.8 Å². The van der Waals surface area contributed by atoms with Gasteiger partial charge in [-0.2, -0.15) is 5.10 Å². The topological polar surface area (TPSA) is 78.3 Å². The first kappa shape index (κ1) is 14.7. The number of carbonyl (C=O) groups excluding carboxylic acids is 1. The molecule has 1 heterocycles. The summed E-state index contributed by atoms with van der Waals surface area (Å²) in [4.78, 5) is 11.5. The summed E-state index contributed by atoms with van der Waals surface area (Å²) in [6.45, 7) is 4.47. The summed E-state index contributed by atoms with van der Waals surface area (Å²) < 4.78 is 28.7. The van der Waals surface area contributed by atoms with E-state index in [2.05, 4.69) is 5.10 Å². The van der Waals surface area contributed by atoms with Crippen LogP contribution in [0.3, 0.4) is 0 Å². The summed E-state index contributed by atoms with van der Waals surface area (Å²) in [5.41, 5.74) is 0.952. The van der Waals surface area contributed by atoms with Crippen molar-refractivity contribution in [3.63, 3.8) is 0 Å². The van der Waals surface area contributed by atoms with Gasteiger partial charge >= 0.3 is 5.97 Å². The van der Waals surface area contributed by atoms with Crippen molar-refractivity contribution in [2.75, 3.05) is 18.6 Å². The zero-order valence-corrected chi connectivity index (χ0v) is 11.7. The van der Waals surface area contributed by atoms with Crippen LogP contribution < -0.4 is 0 Å². The van der Waals surface area contributed by atoms with Gasteiger partial charge in [-0.15, -0.1) is 0 Å². The van der Waals surface area contributed by atoms with Crippen molar-refractivity contribution >= 4 is 15.8 Å². The normalized spacial score (nSPS) is 11.5. The minimum atomic E-state index is -3.03. The number of aromatic nitrogens is 2. The van der Waals surface area contributed by atoms with E-state index >= 15 is 0 Å². The second kappa shape index (κ2) is 5.99. The van der Waals surface area contributed by atoms with Gasteiger partial charge in [0, 0.05) is 24.9 Å². The molecule has 0 atom stereocenters. The Labute approximate surface area is 107 Å². The van der Waals surface area contributed by atoms with Crippen molar-refractivity contribution in [3.05, 3.63) is 17.5 Å². The average Bonchev–Trinajstić information content (AvgIpc) is 2.69. The van der Waals surface area contributed by atoms with Gasteiger partial charge in [0.1, 0.15) is 9.84 Å². The highest BCUT2D eigenvalue weighted by molar-refractivity contribution is 7.90. The molecule has 0 aliphatic rings. The highest BCUT2D eigenvalue weighted by Gasteiger charge is 2.15. The Hall–Kier alpha value is -1.37. The van der Waals surface area contributed by atoms with Crippen LogP contribution in [0.15, 0.2) is 6.07 Å². The molecule has 0 unspecified atom stereocenters. The zero-order chi connectivity index (χ0) is 13.8. The summed E-state index contributed by atoms with van der Waals surface area (Å²) in [5, 5.41) is 4.10. The lowest BCUT2D eigenvalue weighted by atomic mass is 10.3. The van der Waals surface area contributed by atoms with Gasteiger partial charge in [0.15, 0.2) is 5.69 Å². The van der Waals surface area contributed by atoms with Crippen LogP contribution in [-0.2, 0) is 27.5 Å². The second-order valence-electron chi connectivity index (χ2n) is 3.94. The Morgan fingerprint density at radius 1 is 1.44 bits per heavy atom. The van der Waals surface area contributed by atoms with E-state index < -0.39 is 15.8 Å². The van der Waals surface area contributed by atoms with Crippen LogP contribution in [0.2, 0.25) is 0 Å². The number of esters is 1. The molecule has 0 spiro atoms. The molecule has 0 aromatic carbocycles. The Morgan fingerprint density at radius 2 is 2.11 bits per heavy atom. The largest absolute Gasteiger partial charge is 0.461 e. The van der Waals surface area contributed by atoms with Gasteiger partial charge < -0.3 is 4.74 Å². The smallest absolute Gasteiger partial charge is 0.358 e. The Balaban J connectivity index is 2.88. The molecule has 1 aromatic rings. The summed E-state index contributed by atoms with van der Waals surface area (Å²) >= 11 is 0. The predicted octanol–water partition coefficient (Wildman–Crippen LogP) is 0.667. The molecule has 0 amide bonds. The van der Waals surface area contributed by atoms with Gasteiger partial charge in [-0.3, -0.25) is 4.68 Å². The fourth-order valence-electron chi connectivity index (χ4n) is 1.53. The van der Waals surface area contributed by atoms with E-state index in [0.29, 0.717) is 13.0 Å². The number of hydrogen-bond acceptors (Lipinski definition) is 5. The minimum Gasteiger partial charge on any atom is -0.461 e. The van der Waals surface area contributed by atoms with Gasteiger partial charge in [0.25, 0.3) is 0 Å². The lowest BCUT2D eigenvalue weighted by molar-refractivity contribution is 0.0518. The van der Waals surface area contributed by atoms with Gasteiger partial charge in [0.05, 0.1) is 12.4 Å². The van der Waals surface area contributed by atoms with Crippen molar-refractivity contribution in [3.8, 4) is 0 Å². The maximum absolute atomic E-state index is 11.5. The van der Waals surface area contributed by atoms with Gasteiger partial charge in [0.2, 0.25) is 0 Å². The van der Waals surface area contributed by atoms with E-state index in [0.717, 1.165) is 5.69 Å². The quantitative estimate of drug-likeness (QED) is 0.712. The molecule has 0 saturated heterocycles. The van der Waals surface area contributed by atoms with Gasteiger partial charge in [-0.1, -0.05) is 0 Å². The number of hydrogen-bond donors (Lipinski definition) is 0. The summed E-state index contributed by atoms with van der Waals surface area (Å²) in [7, 11) is -3.03. The zero-order valence-electron chi connectivity index (χ0n) is 10.8. The summed E-state index contributed by atoms with van der Waals surface area (Å²) in [5.74, 6) is -0.439. The fourth-order valence-corrected chi connectivity index (χ4v) is 2.11. The highest BCUT2D eigenvalue weighted by Crippen LogP contribution is 2.08. The second-order valence-corrected chi connectivity index (χ2v) is 6.20. The molecule has 18 heavy (non-hydrogen) atoms. The fraction of sp³-hybridized carbons (Fsp3) is 0.636. The SMILES string of the molecule is CCOC(=O)c1cc(CCS(C)(=O)=O)n(CC)n1. The average molecular weight is 274 g/mol. The van der Waals surface area contributed by atoms with Crippen LogP contribution in [0.1, 0.15) is 30.0 Å². The van der Waals surface area contributed by atoms with Gasteiger partial charge in [-0.25, -0.2) is 13.2 Å². The maximum Gasteiger partial charge on any atom is 0.358 e. The van der Waals surface area contributed by atoms with Crippen LogP contribution >= 0.6 is 0 Å². The molecule has 102 valence electrons. The molecule has 6 nitrogen and oxygen atoms in total. The molecule has 1 aromatic heterocycles. The molecule has 0 bridgehead atoms. The molecular formula is C11H18N2O4S. The number of ether oxygens (including phenoxy) is 1. The minimum absolute atomic E-state index is 0.0426. The van der Waals surface area contributed by atoms with E-state index in [-0.39, 0.29) is 18.1 Å². The third kappa shape index (κ3) is 4.14. The first-order valence-electron chi connectivity index (χ1n) is 5.79. The standard InChI is InChI=1S/C11H18N2O4S/c1-4-13-9(6-7-18(3,15)16)8-10(12-13)11(14)17-5-2/h8H,4-7H2,1-3H3. The van der Waals surface area contributed by atoms with Crippen molar-refractivity contribution in [1.29, 1.82) is 0 Å². The number of carbonyl (C=O) groups is 1.